The number of rotatable bonds is 4. The van der Waals surface area contributed by atoms with Crippen molar-refractivity contribution in [3.63, 3.8) is 0 Å². The number of hydrogen-bond acceptors (Lipinski definition) is 3. The summed E-state index contributed by atoms with van der Waals surface area (Å²) in [7, 11) is 0. The van der Waals surface area contributed by atoms with Crippen LogP contribution in [0.15, 0.2) is 11.4 Å². The Labute approximate surface area is 113 Å². The normalized spacial score (nSPS) is 11.9. The van der Waals surface area contributed by atoms with Gasteiger partial charge in [0.2, 0.25) is 0 Å². The van der Waals surface area contributed by atoms with Crippen molar-refractivity contribution in [1.29, 1.82) is 5.26 Å². The topological polar surface area (TPSA) is 44.1 Å². The summed E-state index contributed by atoms with van der Waals surface area (Å²) in [5.41, 5.74) is 0.724. The Morgan fingerprint density at radius 2 is 2.44 bits per heavy atom. The van der Waals surface area contributed by atoms with E-state index in [0.717, 1.165) is 8.45 Å². The molecule has 0 saturated carbocycles. The van der Waals surface area contributed by atoms with Crippen LogP contribution in [0.2, 0.25) is 0 Å². The van der Waals surface area contributed by atoms with Gasteiger partial charge in [-0.05, 0) is 42.5 Å². The van der Waals surface area contributed by atoms with E-state index < -0.39 is 0 Å². The maximum absolute atomic E-state index is 12.1. The Kier molecular flexibility index (Phi) is 5.22. The van der Waals surface area contributed by atoms with Crippen molar-refractivity contribution in [1.82, 2.24) is 4.90 Å². The SMILES string of the molecule is CCN(CC(C)C#N)C(=O)c1csc(I)c1. The Balaban J connectivity index is 2.74. The highest BCUT2D eigenvalue weighted by Gasteiger charge is 2.17. The summed E-state index contributed by atoms with van der Waals surface area (Å²) in [6.07, 6.45) is 0. The number of nitriles is 1. The van der Waals surface area contributed by atoms with Crippen LogP contribution in [-0.2, 0) is 0 Å². The van der Waals surface area contributed by atoms with Crippen molar-refractivity contribution >= 4 is 39.8 Å². The number of hydrogen-bond donors (Lipinski definition) is 0. The molecule has 1 heterocycles. The average molecular weight is 348 g/mol. The summed E-state index contributed by atoms with van der Waals surface area (Å²) >= 11 is 3.76. The standard InChI is InChI=1S/C11H13IN2OS/c1-3-14(6-8(2)5-13)11(15)9-4-10(12)16-7-9/h4,7-8H,3,6H2,1-2H3. The molecule has 0 bridgehead atoms. The van der Waals surface area contributed by atoms with E-state index in [1.54, 1.807) is 16.2 Å². The molecule has 0 saturated heterocycles. The van der Waals surface area contributed by atoms with Crippen LogP contribution in [-0.4, -0.2) is 23.9 Å². The minimum Gasteiger partial charge on any atom is -0.338 e. The van der Waals surface area contributed by atoms with E-state index in [1.165, 1.54) is 0 Å². The van der Waals surface area contributed by atoms with Crippen LogP contribution in [0.4, 0.5) is 0 Å². The highest BCUT2D eigenvalue weighted by molar-refractivity contribution is 14.1. The number of nitrogens with zero attached hydrogens (tertiary/aromatic N) is 2. The van der Waals surface area contributed by atoms with Crippen molar-refractivity contribution in [2.75, 3.05) is 13.1 Å². The monoisotopic (exact) mass is 348 g/mol. The van der Waals surface area contributed by atoms with Gasteiger partial charge in [-0.1, -0.05) is 0 Å². The lowest BCUT2D eigenvalue weighted by Crippen LogP contribution is -2.34. The third-order valence-electron chi connectivity index (χ3n) is 2.20. The van der Waals surface area contributed by atoms with Gasteiger partial charge in [-0.15, -0.1) is 11.3 Å². The summed E-state index contributed by atoms with van der Waals surface area (Å²) in [6, 6.07) is 4.03. The zero-order chi connectivity index (χ0) is 12.1. The van der Waals surface area contributed by atoms with Crippen LogP contribution >= 0.6 is 33.9 Å². The molecule has 0 aromatic carbocycles. The van der Waals surface area contributed by atoms with Gasteiger partial charge < -0.3 is 4.90 Å². The highest BCUT2D eigenvalue weighted by Crippen LogP contribution is 2.18. The largest absolute Gasteiger partial charge is 0.338 e. The van der Waals surface area contributed by atoms with E-state index in [4.69, 9.17) is 5.26 Å². The summed E-state index contributed by atoms with van der Waals surface area (Å²) in [4.78, 5) is 13.8. The van der Waals surface area contributed by atoms with Gasteiger partial charge in [0.25, 0.3) is 5.91 Å². The second-order valence-electron chi connectivity index (χ2n) is 3.51. The van der Waals surface area contributed by atoms with Crippen molar-refractivity contribution in [3.8, 4) is 6.07 Å². The zero-order valence-electron chi connectivity index (χ0n) is 9.24. The predicted octanol–water partition coefficient (Wildman–Crippen LogP) is 2.97. The highest BCUT2D eigenvalue weighted by atomic mass is 127. The van der Waals surface area contributed by atoms with Gasteiger partial charge in [-0.2, -0.15) is 5.26 Å². The van der Waals surface area contributed by atoms with Crippen molar-refractivity contribution in [3.05, 3.63) is 19.9 Å². The molecule has 0 spiro atoms. The quantitative estimate of drug-likeness (QED) is 0.786. The Hall–Kier alpha value is -0.610. The summed E-state index contributed by atoms with van der Waals surface area (Å²) < 4.78 is 1.10. The number of carbonyl (C=O) groups excluding carboxylic acids is 1. The number of amides is 1. The van der Waals surface area contributed by atoms with Crippen LogP contribution in [0.3, 0.4) is 0 Å². The van der Waals surface area contributed by atoms with Crippen molar-refractivity contribution in [2.24, 2.45) is 5.92 Å². The van der Waals surface area contributed by atoms with E-state index in [1.807, 2.05) is 25.3 Å². The van der Waals surface area contributed by atoms with E-state index in [-0.39, 0.29) is 11.8 Å². The minimum atomic E-state index is -0.124. The molecule has 1 atom stereocenters. The molecule has 16 heavy (non-hydrogen) atoms. The fourth-order valence-corrected chi connectivity index (χ4v) is 2.65. The molecule has 0 aliphatic rings. The van der Waals surface area contributed by atoms with E-state index >= 15 is 0 Å². The Bertz CT molecular complexity index is 410. The molecule has 86 valence electrons. The lowest BCUT2D eigenvalue weighted by atomic mass is 10.2. The van der Waals surface area contributed by atoms with Gasteiger partial charge in [0, 0.05) is 18.5 Å². The molecule has 0 aliphatic heterocycles. The summed E-state index contributed by atoms with van der Waals surface area (Å²) in [5.74, 6) is -0.106. The smallest absolute Gasteiger partial charge is 0.254 e. The van der Waals surface area contributed by atoms with Crippen molar-refractivity contribution < 1.29 is 4.79 Å². The maximum Gasteiger partial charge on any atom is 0.254 e. The summed E-state index contributed by atoms with van der Waals surface area (Å²) in [6.45, 7) is 4.89. The molecule has 0 fully saturated rings. The molecular formula is C11H13IN2OS. The Morgan fingerprint density at radius 1 is 1.75 bits per heavy atom. The molecule has 1 rings (SSSR count). The fourth-order valence-electron chi connectivity index (χ4n) is 1.33. The fraction of sp³-hybridized carbons (Fsp3) is 0.455. The van der Waals surface area contributed by atoms with Crippen LogP contribution < -0.4 is 0 Å². The van der Waals surface area contributed by atoms with Crippen LogP contribution in [0, 0.1) is 20.1 Å². The lowest BCUT2D eigenvalue weighted by Gasteiger charge is -2.21. The lowest BCUT2D eigenvalue weighted by molar-refractivity contribution is 0.0753. The van der Waals surface area contributed by atoms with Gasteiger partial charge in [0.1, 0.15) is 0 Å². The molecule has 0 aliphatic carbocycles. The van der Waals surface area contributed by atoms with E-state index in [0.29, 0.717) is 13.1 Å². The molecule has 5 heteroatoms. The first-order valence-corrected chi connectivity index (χ1v) is 6.97. The summed E-state index contributed by atoms with van der Waals surface area (Å²) in [5, 5.41) is 10.6. The molecule has 1 unspecified atom stereocenters. The first-order valence-electron chi connectivity index (χ1n) is 5.01. The average Bonchev–Trinajstić information content (AvgIpc) is 2.71. The van der Waals surface area contributed by atoms with Crippen LogP contribution in [0.5, 0.6) is 0 Å². The predicted molar refractivity (Wildman–Crippen MR) is 73.4 cm³/mol. The van der Waals surface area contributed by atoms with Gasteiger partial charge in [-0.3, -0.25) is 4.79 Å². The molecule has 1 aromatic heterocycles. The van der Waals surface area contributed by atoms with E-state index in [2.05, 4.69) is 28.7 Å². The maximum atomic E-state index is 12.1. The van der Waals surface area contributed by atoms with Crippen molar-refractivity contribution in [2.45, 2.75) is 13.8 Å². The van der Waals surface area contributed by atoms with Gasteiger partial charge >= 0.3 is 0 Å². The molecule has 3 nitrogen and oxygen atoms in total. The number of carbonyl (C=O) groups is 1. The van der Waals surface area contributed by atoms with Gasteiger partial charge in [-0.25, -0.2) is 0 Å². The first-order chi connectivity index (χ1) is 7.58. The second kappa shape index (κ2) is 6.21. The van der Waals surface area contributed by atoms with Crippen LogP contribution in [0.1, 0.15) is 24.2 Å². The number of halogens is 1. The van der Waals surface area contributed by atoms with Gasteiger partial charge in [0.15, 0.2) is 0 Å². The zero-order valence-corrected chi connectivity index (χ0v) is 12.2. The molecule has 0 N–H and O–H groups in total. The molecule has 1 amide bonds. The molecule has 1 aromatic rings. The van der Waals surface area contributed by atoms with E-state index in [9.17, 15) is 4.79 Å². The minimum absolute atomic E-state index is 0.0174. The molecule has 0 radical (unpaired) electrons. The first kappa shape index (κ1) is 13.5. The number of thiophene rings is 1. The third-order valence-corrected chi connectivity index (χ3v) is 3.99. The van der Waals surface area contributed by atoms with Crippen LogP contribution in [0.25, 0.3) is 0 Å². The van der Waals surface area contributed by atoms with Gasteiger partial charge in [0.05, 0.1) is 20.4 Å². The second-order valence-corrected chi connectivity index (χ2v) is 6.32. The molecular weight excluding hydrogens is 335 g/mol. The Morgan fingerprint density at radius 3 is 2.88 bits per heavy atom. The third kappa shape index (κ3) is 3.46.